The number of hydrogen-bond acceptors (Lipinski definition) is 3. The van der Waals surface area contributed by atoms with Gasteiger partial charge in [0.05, 0.1) is 0 Å². The molecule has 0 rings (SSSR count). The van der Waals surface area contributed by atoms with Gasteiger partial charge in [-0.15, -0.1) is 0 Å². The monoisotopic (exact) mass is 215 g/mol. The molecule has 0 aliphatic rings. The van der Waals surface area contributed by atoms with Crippen molar-refractivity contribution < 1.29 is 9.59 Å². The first-order valence-electron chi connectivity index (χ1n) is 4.03. The Hall–Kier alpha value is -1.43. The highest BCUT2D eigenvalue weighted by atomic mass is 32.1. The Labute approximate surface area is 87.9 Å². The molecule has 0 bridgehead atoms. The van der Waals surface area contributed by atoms with Crippen LogP contribution in [0.3, 0.4) is 0 Å². The molecule has 0 spiro atoms. The second-order valence-electron chi connectivity index (χ2n) is 2.43. The molecule has 0 unspecified atom stereocenters. The molecule has 0 aromatic carbocycles. The Morgan fingerprint density at radius 3 is 2.71 bits per heavy atom. The van der Waals surface area contributed by atoms with Crippen molar-refractivity contribution in [2.45, 2.75) is 6.92 Å². The maximum absolute atomic E-state index is 11.2. The Balaban J connectivity index is 3.96. The van der Waals surface area contributed by atoms with Crippen molar-refractivity contribution in [3.63, 3.8) is 0 Å². The quantitative estimate of drug-likeness (QED) is 0.363. The first-order valence-corrected chi connectivity index (χ1v) is 4.44. The third kappa shape index (κ3) is 5.26. The fourth-order valence-electron chi connectivity index (χ4n) is 0.753. The molecule has 0 atom stereocenters. The summed E-state index contributed by atoms with van der Waals surface area (Å²) in [5, 5.41) is 2.79. The number of amides is 2. The standard InChI is InChI=1S/C8H13N3O2S/c1-2-3-7(13)11(6-12)5-4-10-8(9)14/h2-3,6H,4-5H2,1H3,(H3,9,10,14)/b3-2-. The van der Waals surface area contributed by atoms with Crippen molar-refractivity contribution >= 4 is 29.6 Å². The van der Waals surface area contributed by atoms with E-state index in [9.17, 15) is 9.59 Å². The van der Waals surface area contributed by atoms with Gasteiger partial charge in [-0.1, -0.05) is 6.08 Å². The van der Waals surface area contributed by atoms with Crippen LogP contribution >= 0.6 is 12.2 Å². The molecule has 14 heavy (non-hydrogen) atoms. The summed E-state index contributed by atoms with van der Waals surface area (Å²) >= 11 is 4.56. The van der Waals surface area contributed by atoms with Gasteiger partial charge in [0.2, 0.25) is 6.41 Å². The lowest BCUT2D eigenvalue weighted by atomic mass is 10.4. The van der Waals surface area contributed by atoms with Crippen LogP contribution in [0.1, 0.15) is 6.92 Å². The number of nitrogens with one attached hydrogen (secondary N) is 1. The molecule has 0 saturated carbocycles. The van der Waals surface area contributed by atoms with Gasteiger partial charge < -0.3 is 11.1 Å². The molecular weight excluding hydrogens is 202 g/mol. The number of imide groups is 1. The third-order valence-electron chi connectivity index (χ3n) is 1.37. The van der Waals surface area contributed by atoms with Gasteiger partial charge in [0.15, 0.2) is 5.11 Å². The van der Waals surface area contributed by atoms with Crippen LogP contribution in [0.2, 0.25) is 0 Å². The van der Waals surface area contributed by atoms with Crippen LogP contribution in [-0.2, 0) is 9.59 Å². The van der Waals surface area contributed by atoms with Crippen LogP contribution in [0, 0.1) is 0 Å². The third-order valence-corrected chi connectivity index (χ3v) is 1.52. The molecule has 0 fully saturated rings. The SMILES string of the molecule is C/C=C\C(=O)N(C=O)CCNC(N)=S. The topological polar surface area (TPSA) is 75.4 Å². The summed E-state index contributed by atoms with van der Waals surface area (Å²) in [6.07, 6.45) is 3.36. The Morgan fingerprint density at radius 1 is 1.64 bits per heavy atom. The molecule has 0 heterocycles. The molecule has 0 aromatic rings. The first kappa shape index (κ1) is 12.6. The van der Waals surface area contributed by atoms with Crippen molar-refractivity contribution in [1.82, 2.24) is 10.2 Å². The summed E-state index contributed by atoms with van der Waals surface area (Å²) < 4.78 is 0. The van der Waals surface area contributed by atoms with Gasteiger partial charge >= 0.3 is 0 Å². The highest BCUT2D eigenvalue weighted by Gasteiger charge is 2.07. The van der Waals surface area contributed by atoms with E-state index in [1.807, 2.05) is 0 Å². The van der Waals surface area contributed by atoms with E-state index in [-0.39, 0.29) is 17.6 Å². The largest absolute Gasteiger partial charge is 0.376 e. The molecule has 0 radical (unpaired) electrons. The van der Waals surface area contributed by atoms with Gasteiger partial charge in [-0.05, 0) is 25.2 Å². The zero-order valence-corrected chi connectivity index (χ0v) is 8.71. The number of carbonyl (C=O) groups is 2. The lowest BCUT2D eigenvalue weighted by Crippen LogP contribution is -2.38. The van der Waals surface area contributed by atoms with E-state index in [4.69, 9.17) is 5.73 Å². The van der Waals surface area contributed by atoms with Gasteiger partial charge in [-0.25, -0.2) is 0 Å². The molecule has 6 heteroatoms. The van der Waals surface area contributed by atoms with E-state index in [0.29, 0.717) is 13.0 Å². The second kappa shape index (κ2) is 7.02. The van der Waals surface area contributed by atoms with E-state index in [1.54, 1.807) is 13.0 Å². The molecule has 0 aliphatic heterocycles. The number of rotatable bonds is 5. The molecule has 0 aliphatic carbocycles. The summed E-state index contributed by atoms with van der Waals surface area (Å²) in [7, 11) is 0. The van der Waals surface area contributed by atoms with Crippen molar-refractivity contribution in [1.29, 1.82) is 0 Å². The second-order valence-corrected chi connectivity index (χ2v) is 2.87. The van der Waals surface area contributed by atoms with Gasteiger partial charge in [-0.3, -0.25) is 14.5 Å². The predicted molar refractivity (Wildman–Crippen MR) is 57.4 cm³/mol. The van der Waals surface area contributed by atoms with E-state index in [1.165, 1.54) is 6.08 Å². The van der Waals surface area contributed by atoms with Crippen molar-refractivity contribution in [3.05, 3.63) is 12.2 Å². The summed E-state index contributed by atoms with van der Waals surface area (Å²) in [5.74, 6) is -0.354. The van der Waals surface area contributed by atoms with Gasteiger partial charge in [0.1, 0.15) is 0 Å². The average molecular weight is 215 g/mol. The highest BCUT2D eigenvalue weighted by molar-refractivity contribution is 7.80. The van der Waals surface area contributed by atoms with Crippen LogP contribution in [0.15, 0.2) is 12.2 Å². The number of carbonyl (C=O) groups excluding carboxylic acids is 2. The van der Waals surface area contributed by atoms with Crippen LogP contribution < -0.4 is 11.1 Å². The number of hydrogen-bond donors (Lipinski definition) is 2. The number of thiocarbonyl (C=S) groups is 1. The first-order chi connectivity index (χ1) is 6.61. The number of nitrogens with two attached hydrogens (primary N) is 1. The van der Waals surface area contributed by atoms with Crippen LogP contribution in [0.4, 0.5) is 0 Å². The Kier molecular flexibility index (Phi) is 6.30. The fraction of sp³-hybridized carbons (Fsp3) is 0.375. The normalized spacial score (nSPS) is 9.79. The minimum atomic E-state index is -0.354. The van der Waals surface area contributed by atoms with Crippen molar-refractivity contribution in [3.8, 4) is 0 Å². The zero-order chi connectivity index (χ0) is 11.0. The molecule has 0 aromatic heterocycles. The van der Waals surface area contributed by atoms with E-state index in [2.05, 4.69) is 17.5 Å². The maximum Gasteiger partial charge on any atom is 0.252 e. The smallest absolute Gasteiger partial charge is 0.252 e. The summed E-state index contributed by atoms with van der Waals surface area (Å²) in [4.78, 5) is 22.7. The summed E-state index contributed by atoms with van der Waals surface area (Å²) in [6.45, 7) is 2.30. The van der Waals surface area contributed by atoms with Gasteiger partial charge in [0, 0.05) is 13.1 Å². The average Bonchev–Trinajstić information content (AvgIpc) is 2.12. The fourth-order valence-corrected chi connectivity index (χ4v) is 0.855. The number of nitrogens with zero attached hydrogens (tertiary/aromatic N) is 1. The molecule has 78 valence electrons. The van der Waals surface area contributed by atoms with Crippen LogP contribution in [-0.4, -0.2) is 35.4 Å². The van der Waals surface area contributed by atoms with Crippen molar-refractivity contribution in [2.24, 2.45) is 5.73 Å². The Bertz CT molecular complexity index is 253. The van der Waals surface area contributed by atoms with Crippen LogP contribution in [0.25, 0.3) is 0 Å². The van der Waals surface area contributed by atoms with E-state index in [0.717, 1.165) is 4.90 Å². The van der Waals surface area contributed by atoms with Crippen molar-refractivity contribution in [2.75, 3.05) is 13.1 Å². The molecule has 5 nitrogen and oxygen atoms in total. The minimum absolute atomic E-state index is 0.148. The molecule has 0 saturated heterocycles. The van der Waals surface area contributed by atoms with E-state index >= 15 is 0 Å². The minimum Gasteiger partial charge on any atom is -0.376 e. The van der Waals surface area contributed by atoms with Gasteiger partial charge in [-0.2, -0.15) is 0 Å². The number of allylic oxidation sites excluding steroid dienone is 1. The Morgan fingerprint density at radius 2 is 2.29 bits per heavy atom. The lowest BCUT2D eigenvalue weighted by molar-refractivity contribution is -0.134. The molecule has 3 N–H and O–H groups in total. The summed E-state index contributed by atoms with van der Waals surface area (Å²) in [6, 6.07) is 0. The molecule has 2 amide bonds. The highest BCUT2D eigenvalue weighted by Crippen LogP contribution is 1.86. The maximum atomic E-state index is 11.2. The van der Waals surface area contributed by atoms with E-state index < -0.39 is 0 Å². The summed E-state index contributed by atoms with van der Waals surface area (Å²) in [5.41, 5.74) is 5.17. The predicted octanol–water partition coefficient (Wildman–Crippen LogP) is -0.619. The van der Waals surface area contributed by atoms with Crippen LogP contribution in [0.5, 0.6) is 0 Å². The lowest BCUT2D eigenvalue weighted by Gasteiger charge is -2.13. The molecular formula is C8H13N3O2S. The zero-order valence-electron chi connectivity index (χ0n) is 7.90. The van der Waals surface area contributed by atoms with Gasteiger partial charge in [0.25, 0.3) is 5.91 Å².